The van der Waals surface area contributed by atoms with Gasteiger partial charge in [-0.25, -0.2) is 8.42 Å². The van der Waals surface area contributed by atoms with Gasteiger partial charge in [0.05, 0.1) is 32.2 Å². The Morgan fingerprint density at radius 1 is 1.00 bits per heavy atom. The fraction of sp³-hybridized carbons (Fsp3) is 0.458. The summed E-state index contributed by atoms with van der Waals surface area (Å²) in [5.74, 6) is 1.04. The van der Waals surface area contributed by atoms with E-state index in [0.717, 1.165) is 38.6 Å². The number of anilines is 1. The molecular weight excluding hydrogens is 428 g/mol. The maximum atomic E-state index is 12.9. The fourth-order valence-corrected chi connectivity index (χ4v) is 4.53. The number of benzene rings is 2. The lowest BCUT2D eigenvalue weighted by molar-refractivity contribution is -0.120. The highest BCUT2D eigenvalue weighted by molar-refractivity contribution is 7.92. The number of nitrogens with one attached hydrogen (secondary N) is 1. The first-order chi connectivity index (χ1) is 14.9. The van der Waals surface area contributed by atoms with Crippen molar-refractivity contribution in [1.82, 2.24) is 5.32 Å². The van der Waals surface area contributed by atoms with Crippen molar-refractivity contribution in [1.29, 1.82) is 0 Å². The molecule has 0 heterocycles. The zero-order chi connectivity index (χ0) is 24.2. The monoisotopic (exact) mass is 462 g/mol. The van der Waals surface area contributed by atoms with E-state index in [0.29, 0.717) is 11.4 Å². The van der Waals surface area contributed by atoms with Crippen LogP contribution in [0.15, 0.2) is 30.3 Å². The molecule has 0 spiro atoms. The van der Waals surface area contributed by atoms with Crippen molar-refractivity contribution in [2.45, 2.75) is 46.6 Å². The molecule has 32 heavy (non-hydrogen) atoms. The number of methoxy groups -OCH3 is 2. The van der Waals surface area contributed by atoms with Crippen LogP contribution in [0.2, 0.25) is 0 Å². The standard InChI is InChI=1S/C24H34N2O5S/c1-15(2)19-13-20(17(4)12-23(19)31-7)18(5)25-24(27)14-26(32(8,28)29)21-11-16(3)9-10-22(21)30-6/h9-13,15,18H,14H2,1-8H3,(H,25,27). The maximum Gasteiger partial charge on any atom is 0.241 e. The predicted molar refractivity (Wildman–Crippen MR) is 128 cm³/mol. The number of rotatable bonds is 9. The summed E-state index contributed by atoms with van der Waals surface area (Å²) in [6.45, 7) is 9.51. The number of hydrogen-bond donors (Lipinski definition) is 1. The Hall–Kier alpha value is -2.74. The van der Waals surface area contributed by atoms with Gasteiger partial charge in [-0.15, -0.1) is 0 Å². The summed E-state index contributed by atoms with van der Waals surface area (Å²) in [6.07, 6.45) is 1.08. The molecule has 2 rings (SSSR count). The first-order valence-corrected chi connectivity index (χ1v) is 12.3. The van der Waals surface area contributed by atoms with E-state index in [1.165, 1.54) is 7.11 Å². The van der Waals surface area contributed by atoms with E-state index in [1.54, 1.807) is 19.2 Å². The molecular formula is C24H34N2O5S. The van der Waals surface area contributed by atoms with Crippen LogP contribution in [0, 0.1) is 13.8 Å². The molecule has 0 aliphatic carbocycles. The van der Waals surface area contributed by atoms with Gasteiger partial charge in [0.1, 0.15) is 18.0 Å². The second kappa shape index (κ2) is 10.3. The van der Waals surface area contributed by atoms with E-state index >= 15 is 0 Å². The number of nitrogens with zero attached hydrogens (tertiary/aromatic N) is 1. The highest BCUT2D eigenvalue weighted by Crippen LogP contribution is 2.33. The van der Waals surface area contributed by atoms with E-state index in [2.05, 4.69) is 19.2 Å². The number of amides is 1. The SMILES string of the molecule is COc1cc(C)c(C(C)NC(=O)CN(c2cc(C)ccc2OC)S(C)(=O)=O)cc1C(C)C. The Morgan fingerprint density at radius 3 is 2.16 bits per heavy atom. The highest BCUT2D eigenvalue weighted by atomic mass is 32.2. The first-order valence-electron chi connectivity index (χ1n) is 10.5. The molecule has 2 aromatic carbocycles. The number of sulfonamides is 1. The van der Waals surface area contributed by atoms with Crippen LogP contribution in [0.5, 0.6) is 11.5 Å². The van der Waals surface area contributed by atoms with Crippen LogP contribution in [0.1, 0.15) is 55.0 Å². The van der Waals surface area contributed by atoms with E-state index in [1.807, 2.05) is 39.0 Å². The fourth-order valence-electron chi connectivity index (χ4n) is 3.68. The third-order valence-corrected chi connectivity index (χ3v) is 6.50. The van der Waals surface area contributed by atoms with Gasteiger partial charge in [-0.2, -0.15) is 0 Å². The molecule has 0 aromatic heterocycles. The van der Waals surface area contributed by atoms with Gasteiger partial charge in [-0.05, 0) is 73.2 Å². The molecule has 176 valence electrons. The summed E-state index contributed by atoms with van der Waals surface area (Å²) in [7, 11) is -0.610. The molecule has 1 atom stereocenters. The Balaban J connectivity index is 2.32. The second-order valence-corrected chi connectivity index (χ2v) is 10.2. The summed E-state index contributed by atoms with van der Waals surface area (Å²) in [6, 6.07) is 8.90. The number of carbonyl (C=O) groups excluding carboxylic acids is 1. The van der Waals surface area contributed by atoms with Crippen LogP contribution >= 0.6 is 0 Å². The van der Waals surface area contributed by atoms with Gasteiger partial charge in [0.15, 0.2) is 0 Å². The topological polar surface area (TPSA) is 84.9 Å². The normalized spacial score (nSPS) is 12.4. The quantitative estimate of drug-likeness (QED) is 0.607. The van der Waals surface area contributed by atoms with Crippen LogP contribution in [0.3, 0.4) is 0 Å². The molecule has 0 bridgehead atoms. The summed E-state index contributed by atoms with van der Waals surface area (Å²) in [4.78, 5) is 12.9. The number of aryl methyl sites for hydroxylation is 2. The van der Waals surface area contributed by atoms with Crippen molar-refractivity contribution in [3.05, 3.63) is 52.6 Å². The molecule has 1 N–H and O–H groups in total. The van der Waals surface area contributed by atoms with Crippen molar-refractivity contribution in [3.8, 4) is 11.5 Å². The third-order valence-electron chi connectivity index (χ3n) is 5.37. The smallest absolute Gasteiger partial charge is 0.241 e. The van der Waals surface area contributed by atoms with Gasteiger partial charge >= 0.3 is 0 Å². The van der Waals surface area contributed by atoms with E-state index in [-0.39, 0.29) is 18.5 Å². The molecule has 0 saturated heterocycles. The Labute approximate surface area is 191 Å². The zero-order valence-electron chi connectivity index (χ0n) is 20.1. The predicted octanol–water partition coefficient (Wildman–Crippen LogP) is 4.09. The van der Waals surface area contributed by atoms with Gasteiger partial charge in [0.25, 0.3) is 0 Å². The summed E-state index contributed by atoms with van der Waals surface area (Å²) < 4.78 is 37.0. The highest BCUT2D eigenvalue weighted by Gasteiger charge is 2.25. The Kier molecular flexibility index (Phi) is 8.18. The van der Waals surface area contributed by atoms with Crippen LogP contribution in [0.25, 0.3) is 0 Å². The molecule has 1 amide bonds. The first kappa shape index (κ1) is 25.5. The molecule has 0 radical (unpaired) electrons. The van der Waals surface area contributed by atoms with Crippen LogP contribution < -0.4 is 19.1 Å². The van der Waals surface area contributed by atoms with Crippen molar-refractivity contribution in [2.24, 2.45) is 0 Å². The van der Waals surface area contributed by atoms with Crippen LogP contribution in [-0.4, -0.2) is 41.3 Å². The summed E-state index contributed by atoms with van der Waals surface area (Å²) >= 11 is 0. The van der Waals surface area contributed by atoms with E-state index in [9.17, 15) is 13.2 Å². The summed E-state index contributed by atoms with van der Waals surface area (Å²) in [5.41, 5.74) is 4.19. The molecule has 0 aliphatic heterocycles. The lowest BCUT2D eigenvalue weighted by Crippen LogP contribution is -2.41. The molecule has 0 aliphatic rings. The molecule has 0 saturated carbocycles. The van der Waals surface area contributed by atoms with Crippen molar-refractivity contribution in [3.63, 3.8) is 0 Å². The molecule has 7 nitrogen and oxygen atoms in total. The second-order valence-electron chi connectivity index (χ2n) is 8.34. The molecule has 2 aromatic rings. The minimum absolute atomic E-state index is 0.252. The third kappa shape index (κ3) is 5.94. The lowest BCUT2D eigenvalue weighted by atomic mass is 9.93. The number of carbonyl (C=O) groups is 1. The molecule has 0 fully saturated rings. The average Bonchev–Trinajstić information content (AvgIpc) is 2.70. The molecule has 8 heteroatoms. The van der Waals surface area contributed by atoms with Gasteiger partial charge in [-0.3, -0.25) is 9.10 Å². The lowest BCUT2D eigenvalue weighted by Gasteiger charge is -2.26. The van der Waals surface area contributed by atoms with Crippen LogP contribution in [0.4, 0.5) is 5.69 Å². The number of ether oxygens (including phenoxy) is 2. The Bertz CT molecular complexity index is 1080. The largest absolute Gasteiger partial charge is 0.496 e. The van der Waals surface area contributed by atoms with Crippen LogP contribution in [-0.2, 0) is 14.8 Å². The summed E-state index contributed by atoms with van der Waals surface area (Å²) in [5, 5.41) is 2.94. The van der Waals surface area contributed by atoms with Gasteiger partial charge in [0.2, 0.25) is 15.9 Å². The zero-order valence-corrected chi connectivity index (χ0v) is 21.0. The van der Waals surface area contributed by atoms with Crippen molar-refractivity contribution < 1.29 is 22.7 Å². The maximum absolute atomic E-state index is 12.9. The molecule has 1 unspecified atom stereocenters. The van der Waals surface area contributed by atoms with E-state index < -0.39 is 15.9 Å². The van der Waals surface area contributed by atoms with Gasteiger partial charge < -0.3 is 14.8 Å². The Morgan fingerprint density at radius 2 is 1.62 bits per heavy atom. The van der Waals surface area contributed by atoms with Gasteiger partial charge in [-0.1, -0.05) is 19.9 Å². The van der Waals surface area contributed by atoms with E-state index in [4.69, 9.17) is 9.47 Å². The average molecular weight is 463 g/mol. The van der Waals surface area contributed by atoms with Crippen molar-refractivity contribution in [2.75, 3.05) is 31.3 Å². The minimum atomic E-state index is -3.72. The van der Waals surface area contributed by atoms with Gasteiger partial charge in [0, 0.05) is 0 Å². The number of hydrogen-bond acceptors (Lipinski definition) is 5. The van der Waals surface area contributed by atoms with Crippen molar-refractivity contribution >= 4 is 21.6 Å². The minimum Gasteiger partial charge on any atom is -0.496 e.